The minimum absolute atomic E-state index is 0.369. The summed E-state index contributed by atoms with van der Waals surface area (Å²) in [5, 5.41) is 0. The van der Waals surface area contributed by atoms with Crippen LogP contribution in [0.3, 0.4) is 0 Å². The van der Waals surface area contributed by atoms with E-state index in [2.05, 4.69) is 6.58 Å². The van der Waals surface area contributed by atoms with E-state index in [9.17, 15) is 4.79 Å². The van der Waals surface area contributed by atoms with E-state index < -0.39 is 5.91 Å². The molecule has 0 aromatic carbocycles. The fourth-order valence-corrected chi connectivity index (χ4v) is 0.457. The summed E-state index contributed by atoms with van der Waals surface area (Å²) < 4.78 is 0. The first kappa shape index (κ1) is 9.17. The molecule has 0 unspecified atom stereocenters. The van der Waals surface area contributed by atoms with E-state index in [1.807, 2.05) is 13.8 Å². The second-order valence-electron chi connectivity index (χ2n) is 2.93. The van der Waals surface area contributed by atoms with E-state index in [0.29, 0.717) is 12.1 Å². The van der Waals surface area contributed by atoms with Crippen LogP contribution in [0.1, 0.15) is 13.8 Å². The molecule has 0 heterocycles. The Labute approximate surface area is 61.1 Å². The number of carbonyl (C=O) groups excluding carboxylic acids is 1. The summed E-state index contributed by atoms with van der Waals surface area (Å²) in [5.41, 5.74) is 10.4. The third-order valence-electron chi connectivity index (χ3n) is 1.62. The quantitative estimate of drug-likeness (QED) is 0.545. The van der Waals surface area contributed by atoms with Gasteiger partial charge in [-0.3, -0.25) is 4.79 Å². The van der Waals surface area contributed by atoms with E-state index in [1.165, 1.54) is 0 Å². The molecular formula is C7H14N2O. The minimum atomic E-state index is -0.476. The maximum absolute atomic E-state index is 10.6. The van der Waals surface area contributed by atoms with Gasteiger partial charge in [-0.1, -0.05) is 20.4 Å². The largest absolute Gasteiger partial charge is 0.366 e. The molecule has 0 aliphatic heterocycles. The van der Waals surface area contributed by atoms with E-state index in [-0.39, 0.29) is 5.41 Å². The van der Waals surface area contributed by atoms with Gasteiger partial charge in [-0.15, -0.1) is 0 Å². The average molecular weight is 142 g/mol. The van der Waals surface area contributed by atoms with Gasteiger partial charge in [0, 0.05) is 17.5 Å². The highest BCUT2D eigenvalue weighted by atomic mass is 16.1. The smallest absolute Gasteiger partial charge is 0.244 e. The van der Waals surface area contributed by atoms with Crippen molar-refractivity contribution in [2.24, 2.45) is 16.9 Å². The molecule has 0 saturated heterocycles. The van der Waals surface area contributed by atoms with Crippen molar-refractivity contribution in [2.75, 3.05) is 6.54 Å². The van der Waals surface area contributed by atoms with Crippen molar-refractivity contribution in [1.29, 1.82) is 0 Å². The monoisotopic (exact) mass is 142 g/mol. The second-order valence-corrected chi connectivity index (χ2v) is 2.93. The Kier molecular flexibility index (Phi) is 2.60. The third kappa shape index (κ3) is 1.84. The first-order chi connectivity index (χ1) is 4.41. The van der Waals surface area contributed by atoms with Crippen molar-refractivity contribution in [1.82, 2.24) is 0 Å². The summed E-state index contributed by atoms with van der Waals surface area (Å²) in [7, 11) is 0. The van der Waals surface area contributed by atoms with Crippen molar-refractivity contribution >= 4 is 5.91 Å². The number of nitrogens with two attached hydrogens (primary N) is 2. The van der Waals surface area contributed by atoms with Crippen LogP contribution in [-0.2, 0) is 4.79 Å². The first-order valence-electron chi connectivity index (χ1n) is 3.11. The van der Waals surface area contributed by atoms with Gasteiger partial charge in [-0.25, -0.2) is 0 Å². The molecule has 0 aromatic heterocycles. The molecule has 0 saturated carbocycles. The molecule has 3 nitrogen and oxygen atoms in total. The lowest BCUT2D eigenvalue weighted by Gasteiger charge is -2.22. The highest BCUT2D eigenvalue weighted by Crippen LogP contribution is 2.21. The Morgan fingerprint density at radius 2 is 2.00 bits per heavy atom. The lowest BCUT2D eigenvalue weighted by atomic mass is 9.85. The second kappa shape index (κ2) is 2.84. The van der Waals surface area contributed by atoms with Gasteiger partial charge in [-0.2, -0.15) is 0 Å². The minimum Gasteiger partial charge on any atom is -0.366 e. The number of hydrogen-bond acceptors (Lipinski definition) is 2. The molecule has 0 bridgehead atoms. The van der Waals surface area contributed by atoms with Crippen LogP contribution in [0.5, 0.6) is 0 Å². The van der Waals surface area contributed by atoms with Crippen LogP contribution in [0.4, 0.5) is 0 Å². The van der Waals surface area contributed by atoms with Gasteiger partial charge < -0.3 is 11.5 Å². The summed E-state index contributed by atoms with van der Waals surface area (Å²) in [6, 6.07) is 0. The highest BCUT2D eigenvalue weighted by Gasteiger charge is 2.23. The van der Waals surface area contributed by atoms with Gasteiger partial charge in [0.1, 0.15) is 0 Å². The average Bonchev–Trinajstić information content (AvgIpc) is 1.86. The standard InChI is InChI=1S/C7H14N2O/c1-5(6(9)10)7(2,3)4-8/h1,4,8H2,2-3H3,(H2,9,10). The van der Waals surface area contributed by atoms with Gasteiger partial charge in [0.05, 0.1) is 0 Å². The molecule has 0 rings (SSSR count). The van der Waals surface area contributed by atoms with E-state index >= 15 is 0 Å². The van der Waals surface area contributed by atoms with E-state index in [1.54, 1.807) is 0 Å². The molecule has 10 heavy (non-hydrogen) atoms. The summed E-state index contributed by atoms with van der Waals surface area (Å²) >= 11 is 0. The van der Waals surface area contributed by atoms with Gasteiger partial charge >= 0.3 is 0 Å². The summed E-state index contributed by atoms with van der Waals surface area (Å²) in [5.74, 6) is -0.476. The molecule has 0 atom stereocenters. The lowest BCUT2D eigenvalue weighted by Crippen LogP contribution is -2.32. The van der Waals surface area contributed by atoms with Crippen LogP contribution in [-0.4, -0.2) is 12.5 Å². The highest BCUT2D eigenvalue weighted by molar-refractivity contribution is 5.92. The Hall–Kier alpha value is -0.830. The van der Waals surface area contributed by atoms with Crippen LogP contribution in [0.15, 0.2) is 12.2 Å². The molecule has 58 valence electrons. The number of rotatable bonds is 3. The van der Waals surface area contributed by atoms with Crippen molar-refractivity contribution in [3.8, 4) is 0 Å². The SMILES string of the molecule is C=C(C(N)=O)C(C)(C)CN. The normalized spacial score (nSPS) is 11.1. The Bertz CT molecular complexity index is 161. The molecule has 1 amide bonds. The molecule has 0 aliphatic rings. The Morgan fingerprint density at radius 1 is 1.60 bits per heavy atom. The fourth-order valence-electron chi connectivity index (χ4n) is 0.457. The first-order valence-corrected chi connectivity index (χ1v) is 3.11. The van der Waals surface area contributed by atoms with Crippen LogP contribution in [0.2, 0.25) is 0 Å². The van der Waals surface area contributed by atoms with Crippen molar-refractivity contribution in [2.45, 2.75) is 13.8 Å². The molecule has 0 spiro atoms. The maximum atomic E-state index is 10.6. The number of carbonyl (C=O) groups is 1. The summed E-state index contributed by atoms with van der Waals surface area (Å²) in [4.78, 5) is 10.6. The Morgan fingerprint density at radius 3 is 2.10 bits per heavy atom. The molecule has 4 N–H and O–H groups in total. The topological polar surface area (TPSA) is 69.1 Å². The predicted octanol–water partition coefficient (Wildman–Crippen LogP) is 0.0128. The zero-order chi connectivity index (χ0) is 8.36. The van der Waals surface area contributed by atoms with Crippen LogP contribution in [0.25, 0.3) is 0 Å². The molecule has 0 aliphatic carbocycles. The molecule has 0 fully saturated rings. The lowest BCUT2D eigenvalue weighted by molar-refractivity contribution is -0.115. The molecule has 3 heteroatoms. The van der Waals surface area contributed by atoms with Crippen LogP contribution in [0, 0.1) is 5.41 Å². The number of amides is 1. The van der Waals surface area contributed by atoms with Gasteiger partial charge in [0.25, 0.3) is 0 Å². The molecule has 0 aromatic rings. The molecule has 0 radical (unpaired) electrons. The predicted molar refractivity (Wildman–Crippen MR) is 41.2 cm³/mol. The maximum Gasteiger partial charge on any atom is 0.244 e. The number of hydrogen-bond donors (Lipinski definition) is 2. The van der Waals surface area contributed by atoms with Gasteiger partial charge in [0.15, 0.2) is 0 Å². The summed E-state index contributed by atoms with van der Waals surface area (Å²) in [6.45, 7) is 7.59. The van der Waals surface area contributed by atoms with Crippen molar-refractivity contribution in [3.63, 3.8) is 0 Å². The third-order valence-corrected chi connectivity index (χ3v) is 1.62. The van der Waals surface area contributed by atoms with Crippen LogP contribution >= 0.6 is 0 Å². The van der Waals surface area contributed by atoms with Gasteiger partial charge in [0.2, 0.25) is 5.91 Å². The molecular weight excluding hydrogens is 128 g/mol. The zero-order valence-electron chi connectivity index (χ0n) is 6.48. The van der Waals surface area contributed by atoms with Gasteiger partial charge in [-0.05, 0) is 0 Å². The number of primary amides is 1. The van der Waals surface area contributed by atoms with Crippen molar-refractivity contribution < 1.29 is 4.79 Å². The van der Waals surface area contributed by atoms with E-state index in [0.717, 1.165) is 0 Å². The zero-order valence-corrected chi connectivity index (χ0v) is 6.48. The Balaban J connectivity index is 4.33. The van der Waals surface area contributed by atoms with E-state index in [4.69, 9.17) is 11.5 Å². The van der Waals surface area contributed by atoms with Crippen LogP contribution < -0.4 is 11.5 Å². The van der Waals surface area contributed by atoms with Crippen molar-refractivity contribution in [3.05, 3.63) is 12.2 Å². The summed E-state index contributed by atoms with van der Waals surface area (Å²) in [6.07, 6.45) is 0. The fraction of sp³-hybridized carbons (Fsp3) is 0.571.